The largest absolute Gasteiger partial charge is 0.323 e. The van der Waals surface area contributed by atoms with Crippen molar-refractivity contribution in [2.75, 3.05) is 0 Å². The van der Waals surface area contributed by atoms with Gasteiger partial charge in [-0.3, -0.25) is 0 Å². The quantitative estimate of drug-likeness (QED) is 0.0391. The van der Waals surface area contributed by atoms with Crippen LogP contribution in [-0.2, 0) is 46.0 Å². The van der Waals surface area contributed by atoms with E-state index in [4.69, 9.17) is 29.9 Å². The van der Waals surface area contributed by atoms with E-state index in [1.807, 2.05) is 0 Å². The zero-order valence-electron chi connectivity index (χ0n) is 74.2. The first-order valence-corrected chi connectivity index (χ1v) is 53.2. The molecule has 0 saturated heterocycles. The van der Waals surface area contributed by atoms with Gasteiger partial charge in [0.1, 0.15) is 22.6 Å². The van der Waals surface area contributed by atoms with Gasteiger partial charge in [-0.2, -0.15) is 0 Å². The lowest BCUT2D eigenvalue weighted by Crippen LogP contribution is -1.89. The molecule has 0 spiro atoms. The van der Waals surface area contributed by atoms with Gasteiger partial charge in [0.25, 0.3) is 0 Å². The number of H-pyrrole nitrogens is 2. The van der Waals surface area contributed by atoms with Crippen molar-refractivity contribution < 1.29 is 0 Å². The van der Waals surface area contributed by atoms with Gasteiger partial charge in [0, 0.05) is 46.0 Å². The number of nitrogens with one attached hydrogen (secondary N) is 2. The Labute approximate surface area is 828 Å². The smallest absolute Gasteiger partial charge is 0.171 e. The van der Waals surface area contributed by atoms with Gasteiger partial charge in [-0.1, -0.05) is 437 Å². The van der Waals surface area contributed by atoms with Crippen LogP contribution in [0.4, 0.5) is 0 Å². The van der Waals surface area contributed by atoms with Gasteiger partial charge in [0.2, 0.25) is 0 Å². The predicted octanol–water partition coefficient (Wildman–Crippen LogP) is 33.8. The molecule has 8 nitrogen and oxygen atoms in total. The topological polar surface area (TPSA) is 109 Å². The summed E-state index contributed by atoms with van der Waals surface area (Å²) in [7, 11) is 0. The Balaban J connectivity index is 0.805. The lowest BCUT2D eigenvalue weighted by molar-refractivity contribution is 1.10. The Morgan fingerprint density at radius 3 is 0.397 bits per heavy atom. The summed E-state index contributed by atoms with van der Waals surface area (Å²) in [5.74, 6) is 7.12. The highest BCUT2D eigenvalue weighted by Crippen LogP contribution is 2.51. The minimum atomic E-state index is 0.546. The molecule has 658 valence electrons. The fourth-order valence-corrected chi connectivity index (χ4v) is 25.5. The summed E-state index contributed by atoms with van der Waals surface area (Å²) in [6, 6.07) is 157. The predicted molar refractivity (Wildman–Crippen MR) is 584 cm³/mol. The molecule has 2 aliphatic rings. The SMILES string of the molecule is c1ccc(-c2ccc(CSC3=C(SCc4ccc(-c5ccccc5)cc4)c4nc3nc3[nH]c(nc5nc(nc6[nH]c(n4)c(SCc4ccc(-c7ccccc7)cc4)c6SCc4ccc(-c6ccccc6)cc4)C(SCc4ccc(-c6ccccc6)cc4)=C5SCc4ccc(-c5ccccc5)cc4)c(SCc4ccc(-c5ccccc5)cc4)c3SCc3ccc(-c4ccccc4)cc3)cc2)cc1. The molecule has 2 aliphatic heterocycles. The number of thioether (sulfide) groups is 8. The van der Waals surface area contributed by atoms with Crippen molar-refractivity contribution in [3.05, 3.63) is 505 Å². The van der Waals surface area contributed by atoms with E-state index in [0.29, 0.717) is 91.9 Å². The fourth-order valence-electron chi connectivity index (χ4n) is 16.4. The summed E-state index contributed by atoms with van der Waals surface area (Å²) in [6.45, 7) is 0. The van der Waals surface area contributed by atoms with E-state index in [0.717, 1.165) is 128 Å². The highest BCUT2D eigenvalue weighted by atomic mass is 32.2. The van der Waals surface area contributed by atoms with E-state index in [2.05, 4.69) is 447 Å². The van der Waals surface area contributed by atoms with E-state index in [1.165, 1.54) is 44.5 Å². The second-order valence-corrected chi connectivity index (χ2v) is 40.9. The summed E-state index contributed by atoms with van der Waals surface area (Å²) in [5.41, 5.74) is 30.4. The lowest BCUT2D eigenvalue weighted by atomic mass is 10.0. The molecule has 0 fully saturated rings. The van der Waals surface area contributed by atoms with Crippen molar-refractivity contribution in [1.29, 1.82) is 0 Å². The molecular formula is C120H90N8S8. The Hall–Kier alpha value is -13.4. The van der Waals surface area contributed by atoms with Crippen LogP contribution in [0.5, 0.6) is 0 Å². The van der Waals surface area contributed by atoms with E-state index < -0.39 is 0 Å². The van der Waals surface area contributed by atoms with Crippen LogP contribution in [0.3, 0.4) is 0 Å². The molecule has 0 radical (unpaired) electrons. The normalized spacial score (nSPS) is 11.9. The summed E-state index contributed by atoms with van der Waals surface area (Å²) in [5, 5.41) is 0. The first-order valence-electron chi connectivity index (χ1n) is 45.3. The Morgan fingerprint density at radius 1 is 0.132 bits per heavy atom. The molecule has 0 atom stereocenters. The molecule has 0 unspecified atom stereocenters. The maximum absolute atomic E-state index is 6.07. The first-order chi connectivity index (χ1) is 67.3. The van der Waals surface area contributed by atoms with Gasteiger partial charge in [-0.05, 0) is 134 Å². The molecule has 0 saturated carbocycles. The minimum absolute atomic E-state index is 0.546. The number of aromatic nitrogens is 8. The van der Waals surface area contributed by atoms with Crippen LogP contribution in [-0.4, -0.2) is 39.9 Å². The molecule has 8 bridgehead atoms. The molecule has 0 aliphatic carbocycles. The van der Waals surface area contributed by atoms with Gasteiger partial charge in [0.15, 0.2) is 23.3 Å². The Morgan fingerprint density at radius 2 is 0.257 bits per heavy atom. The van der Waals surface area contributed by atoms with Crippen LogP contribution in [0.15, 0.2) is 456 Å². The molecule has 21 rings (SSSR count). The van der Waals surface area contributed by atoms with Crippen LogP contribution < -0.4 is 0 Å². The van der Waals surface area contributed by atoms with Gasteiger partial charge in [-0.25, -0.2) is 29.9 Å². The molecule has 136 heavy (non-hydrogen) atoms. The van der Waals surface area contributed by atoms with Crippen molar-refractivity contribution in [2.24, 2.45) is 0 Å². The van der Waals surface area contributed by atoms with Crippen molar-refractivity contribution in [1.82, 2.24) is 39.9 Å². The summed E-state index contributed by atoms with van der Waals surface area (Å²) in [4.78, 5) is 51.6. The average molecular weight is 1900 g/mol. The highest BCUT2D eigenvalue weighted by molar-refractivity contribution is 8.13. The number of nitrogens with zero attached hydrogens (tertiary/aromatic N) is 6. The third-order valence-electron chi connectivity index (χ3n) is 23.8. The fraction of sp³-hybridized carbons (Fsp3) is 0.0667. The van der Waals surface area contributed by atoms with Gasteiger partial charge >= 0.3 is 0 Å². The molecule has 2 N–H and O–H groups in total. The number of fused-ring (bicyclic) bond motifs is 8. The van der Waals surface area contributed by atoms with Crippen molar-refractivity contribution in [3.8, 4) is 89.0 Å². The van der Waals surface area contributed by atoms with Gasteiger partial charge in [0.05, 0.1) is 39.2 Å². The number of benzene rings is 16. The van der Waals surface area contributed by atoms with E-state index in [1.54, 1.807) is 94.1 Å². The van der Waals surface area contributed by atoms with Crippen LogP contribution in [0, 0.1) is 0 Å². The molecule has 5 heterocycles. The maximum atomic E-state index is 6.07. The average Bonchev–Trinajstić information content (AvgIpc) is 1.61. The summed E-state index contributed by atoms with van der Waals surface area (Å²) < 4.78 is 0. The van der Waals surface area contributed by atoms with Crippen molar-refractivity contribution in [2.45, 2.75) is 65.6 Å². The number of hydrogen-bond donors (Lipinski definition) is 2. The Bertz CT molecular complexity index is 6680. The third kappa shape index (κ3) is 21.6. The molecule has 0 amide bonds. The zero-order chi connectivity index (χ0) is 91.0. The number of rotatable bonds is 32. The van der Waals surface area contributed by atoms with E-state index >= 15 is 0 Å². The van der Waals surface area contributed by atoms with Gasteiger partial charge < -0.3 is 9.97 Å². The molecule has 16 aromatic carbocycles. The van der Waals surface area contributed by atoms with Crippen LogP contribution >= 0.6 is 94.1 Å². The number of hydrogen-bond acceptors (Lipinski definition) is 14. The summed E-state index contributed by atoms with van der Waals surface area (Å²) >= 11 is 14.1. The number of aromatic amines is 2. The van der Waals surface area contributed by atoms with Crippen LogP contribution in [0.25, 0.3) is 131 Å². The molecule has 16 heteroatoms. The summed E-state index contributed by atoms with van der Waals surface area (Å²) in [6.07, 6.45) is 0. The molecular weight excluding hydrogens is 1810 g/mol. The minimum Gasteiger partial charge on any atom is -0.323 e. The molecule has 19 aromatic rings. The standard InChI is InChI=1S/C120H90N8S8/c1-9-25-89(26-10-1)97-57-41-81(42-58-97)73-129-105-106(130-74-82-43-59-98(60-44-82)90-27-11-2-12-28-90)114-121-113(105)125-115-107(131-75-83-45-61-99(62-46-83)91-29-13-3-14-30-91)108(132-76-84-47-63-100(64-48-84)92-31-15-4-16-32-92)117(122-115)127-119-111(135-79-87-53-69-103(70-54-87)95-37-21-7-22-38-95)112(136-80-88-55-71-104(72-56-88)96-39-23-8-24-40-96)120(124-119)128-118-110(134-78-86-51-67-102(68-52-86)94-35-19-6-20-36-94)109(116(123-118)126-114)133-77-85-49-65-101(66-50-85)93-33-17-5-18-34-93/h1-72H,73-80H2,(H2,121,122,123,124,125,126,127,128). The zero-order valence-corrected chi connectivity index (χ0v) is 80.7. The maximum Gasteiger partial charge on any atom is 0.171 e. The second kappa shape index (κ2) is 43.1. The monoisotopic (exact) mass is 1900 g/mol. The van der Waals surface area contributed by atoms with E-state index in [-0.39, 0.29) is 0 Å². The van der Waals surface area contributed by atoms with Crippen molar-refractivity contribution in [3.63, 3.8) is 0 Å². The molecule has 3 aromatic heterocycles. The van der Waals surface area contributed by atoms with Crippen molar-refractivity contribution >= 4 is 136 Å². The van der Waals surface area contributed by atoms with Crippen LogP contribution in [0.1, 0.15) is 67.8 Å². The van der Waals surface area contributed by atoms with Gasteiger partial charge in [-0.15, -0.1) is 94.1 Å². The lowest BCUT2D eigenvalue weighted by Gasteiger charge is -2.10. The first kappa shape index (κ1) is 89.2. The van der Waals surface area contributed by atoms with E-state index in [9.17, 15) is 0 Å². The Kier molecular flexibility index (Phi) is 28.3. The van der Waals surface area contributed by atoms with Crippen LogP contribution in [0.2, 0.25) is 0 Å². The highest BCUT2D eigenvalue weighted by Gasteiger charge is 2.31. The third-order valence-corrected chi connectivity index (χ3v) is 33.6. The second-order valence-electron chi connectivity index (χ2n) is 33.1.